The average Bonchev–Trinajstić information content (AvgIpc) is 3.48. The minimum atomic E-state index is -3.00. The van der Waals surface area contributed by atoms with E-state index in [-0.39, 0.29) is 11.6 Å². The predicted octanol–water partition coefficient (Wildman–Crippen LogP) is 6.63. The maximum Gasteiger partial charge on any atom is 0.298 e. The van der Waals surface area contributed by atoms with E-state index >= 15 is 0 Å². The van der Waals surface area contributed by atoms with Gasteiger partial charge in [0.2, 0.25) is 0 Å². The summed E-state index contributed by atoms with van der Waals surface area (Å²) < 4.78 is 36.4. The zero-order chi connectivity index (χ0) is 22.5. The van der Waals surface area contributed by atoms with Crippen LogP contribution in [0.3, 0.4) is 0 Å². The molecule has 0 radical (unpaired) electrons. The van der Waals surface area contributed by atoms with Gasteiger partial charge >= 0.3 is 0 Å². The van der Waals surface area contributed by atoms with Gasteiger partial charge < -0.3 is 10.1 Å². The summed E-state index contributed by atoms with van der Waals surface area (Å²) in [6, 6.07) is 8.51. The standard InChI is InChI=1S/C25H26BrF2N3O/c1-14(16-6-3-7-17(12-16)25(27,28)22-10-5-11-32-22)29-24-20-13-21(26)18-8-4-9-19(18)23(20)30-15(2)31-24/h3,6-7,12-14,22H,4-5,8-11H2,1-2H3,(H,29,30,31)/t14-,22?/m1/s1. The van der Waals surface area contributed by atoms with Gasteiger partial charge in [-0.3, -0.25) is 0 Å². The second-order valence-corrected chi connectivity index (χ2v) is 9.66. The van der Waals surface area contributed by atoms with Crippen LogP contribution >= 0.6 is 15.9 Å². The number of hydrogen-bond donors (Lipinski definition) is 1. The first-order valence-electron chi connectivity index (χ1n) is 11.2. The molecule has 1 fully saturated rings. The third-order valence-electron chi connectivity index (χ3n) is 6.58. The number of aromatic nitrogens is 2. The SMILES string of the molecule is Cc1nc(N[C@H](C)c2cccc(C(F)(F)C3CCCO3)c2)c2cc(Br)c3c(c2n1)CCC3. The molecule has 1 N–H and O–H groups in total. The van der Waals surface area contributed by atoms with Crippen molar-refractivity contribution in [3.63, 3.8) is 0 Å². The first kappa shape index (κ1) is 21.7. The number of hydrogen-bond acceptors (Lipinski definition) is 4. The number of ether oxygens (including phenoxy) is 1. The monoisotopic (exact) mass is 501 g/mol. The van der Waals surface area contributed by atoms with Gasteiger partial charge in [-0.15, -0.1) is 0 Å². The van der Waals surface area contributed by atoms with E-state index in [1.807, 2.05) is 19.9 Å². The zero-order valence-electron chi connectivity index (χ0n) is 18.2. The summed E-state index contributed by atoms with van der Waals surface area (Å²) in [6.45, 7) is 4.26. The summed E-state index contributed by atoms with van der Waals surface area (Å²) >= 11 is 3.72. The molecule has 2 aliphatic rings. The first-order valence-corrected chi connectivity index (χ1v) is 12.0. The summed E-state index contributed by atoms with van der Waals surface area (Å²) in [4.78, 5) is 9.39. The molecule has 1 unspecified atom stereocenters. The van der Waals surface area contributed by atoms with Gasteiger partial charge in [0, 0.05) is 28.1 Å². The molecular formula is C25H26BrF2N3O. The van der Waals surface area contributed by atoms with Crippen molar-refractivity contribution in [3.8, 4) is 0 Å². The lowest BCUT2D eigenvalue weighted by Gasteiger charge is -2.24. The fourth-order valence-electron chi connectivity index (χ4n) is 4.89. The van der Waals surface area contributed by atoms with Crippen LogP contribution in [0.2, 0.25) is 0 Å². The Balaban J connectivity index is 1.48. The maximum absolute atomic E-state index is 15.0. The topological polar surface area (TPSA) is 47.0 Å². The average molecular weight is 502 g/mol. The number of nitrogens with zero attached hydrogens (tertiary/aromatic N) is 2. The van der Waals surface area contributed by atoms with Gasteiger partial charge in [0.15, 0.2) is 0 Å². The summed E-state index contributed by atoms with van der Waals surface area (Å²) in [7, 11) is 0. The van der Waals surface area contributed by atoms with Crippen LogP contribution in [0.25, 0.3) is 10.9 Å². The summed E-state index contributed by atoms with van der Waals surface area (Å²) in [5.74, 6) is -1.58. The van der Waals surface area contributed by atoms with Crippen molar-refractivity contribution in [3.05, 3.63) is 62.9 Å². The molecule has 1 aliphatic carbocycles. The second-order valence-electron chi connectivity index (χ2n) is 8.80. The molecule has 7 heteroatoms. The van der Waals surface area contributed by atoms with E-state index in [1.54, 1.807) is 12.1 Å². The lowest BCUT2D eigenvalue weighted by molar-refractivity contribution is -0.122. The van der Waals surface area contributed by atoms with Crippen molar-refractivity contribution in [2.24, 2.45) is 0 Å². The van der Waals surface area contributed by atoms with Crippen molar-refractivity contribution >= 4 is 32.7 Å². The summed E-state index contributed by atoms with van der Waals surface area (Å²) in [5.41, 5.74) is 4.39. The fourth-order valence-corrected chi connectivity index (χ4v) is 5.56. The van der Waals surface area contributed by atoms with Gasteiger partial charge in [-0.2, -0.15) is 8.78 Å². The summed E-state index contributed by atoms with van der Waals surface area (Å²) in [6.07, 6.45) is 3.21. The Bertz CT molecular complexity index is 1180. The zero-order valence-corrected chi connectivity index (χ0v) is 19.8. The number of fused-ring (bicyclic) bond motifs is 3. The van der Waals surface area contributed by atoms with Crippen molar-refractivity contribution in [2.75, 3.05) is 11.9 Å². The number of benzene rings is 2. The highest BCUT2D eigenvalue weighted by molar-refractivity contribution is 9.10. The lowest BCUT2D eigenvalue weighted by Crippen LogP contribution is -2.30. The van der Waals surface area contributed by atoms with E-state index < -0.39 is 12.0 Å². The maximum atomic E-state index is 15.0. The molecule has 0 spiro atoms. The number of rotatable bonds is 5. The number of anilines is 1. The van der Waals surface area contributed by atoms with Crippen LogP contribution in [0.1, 0.15) is 60.3 Å². The van der Waals surface area contributed by atoms with Crippen LogP contribution in [-0.4, -0.2) is 22.7 Å². The third-order valence-corrected chi connectivity index (χ3v) is 7.29. The molecule has 2 atom stereocenters. The van der Waals surface area contributed by atoms with Crippen molar-refractivity contribution in [1.29, 1.82) is 0 Å². The molecular weight excluding hydrogens is 476 g/mol. The number of nitrogens with one attached hydrogen (secondary N) is 1. The Morgan fingerprint density at radius 2 is 1.97 bits per heavy atom. The Morgan fingerprint density at radius 3 is 2.75 bits per heavy atom. The van der Waals surface area contributed by atoms with E-state index in [2.05, 4.69) is 32.3 Å². The highest BCUT2D eigenvalue weighted by Gasteiger charge is 2.44. The normalized spacial score (nSPS) is 19.3. The minimum absolute atomic E-state index is 0.000148. The quantitative estimate of drug-likeness (QED) is 0.425. The smallest absolute Gasteiger partial charge is 0.298 e. The molecule has 5 rings (SSSR count). The molecule has 1 saturated heterocycles. The molecule has 3 aromatic rings. The molecule has 4 nitrogen and oxygen atoms in total. The van der Waals surface area contributed by atoms with Crippen LogP contribution in [0.5, 0.6) is 0 Å². The van der Waals surface area contributed by atoms with Gasteiger partial charge in [-0.1, -0.05) is 34.1 Å². The molecule has 2 heterocycles. The second kappa shape index (κ2) is 8.34. The Kier molecular flexibility index (Phi) is 5.66. The number of aryl methyl sites for hydroxylation is 2. The predicted molar refractivity (Wildman–Crippen MR) is 125 cm³/mol. The van der Waals surface area contributed by atoms with Crippen molar-refractivity contribution in [1.82, 2.24) is 9.97 Å². The van der Waals surface area contributed by atoms with Gasteiger partial charge in [0.25, 0.3) is 5.92 Å². The van der Waals surface area contributed by atoms with Gasteiger partial charge in [0.1, 0.15) is 17.7 Å². The van der Waals surface area contributed by atoms with Crippen LogP contribution in [0.15, 0.2) is 34.8 Å². The molecule has 168 valence electrons. The highest BCUT2D eigenvalue weighted by atomic mass is 79.9. The van der Waals surface area contributed by atoms with Gasteiger partial charge in [-0.25, -0.2) is 9.97 Å². The molecule has 1 aliphatic heterocycles. The van der Waals surface area contributed by atoms with Gasteiger partial charge in [-0.05, 0) is 74.8 Å². The van der Waals surface area contributed by atoms with E-state index in [9.17, 15) is 8.78 Å². The molecule has 2 aromatic carbocycles. The number of halogens is 3. The Hall–Kier alpha value is -2.12. The van der Waals surface area contributed by atoms with E-state index in [0.29, 0.717) is 25.3 Å². The van der Waals surface area contributed by atoms with E-state index in [4.69, 9.17) is 9.72 Å². The minimum Gasteiger partial charge on any atom is -0.372 e. The van der Waals surface area contributed by atoms with Crippen LogP contribution in [0.4, 0.5) is 14.6 Å². The van der Waals surface area contributed by atoms with Crippen LogP contribution in [0, 0.1) is 6.92 Å². The molecule has 0 amide bonds. The van der Waals surface area contributed by atoms with Crippen LogP contribution in [-0.2, 0) is 23.5 Å². The van der Waals surface area contributed by atoms with Crippen molar-refractivity contribution < 1.29 is 13.5 Å². The first-order chi connectivity index (χ1) is 15.3. The largest absolute Gasteiger partial charge is 0.372 e. The van der Waals surface area contributed by atoms with Gasteiger partial charge in [0.05, 0.1) is 5.52 Å². The fraction of sp³-hybridized carbons (Fsp3) is 0.440. The molecule has 0 saturated carbocycles. The highest BCUT2D eigenvalue weighted by Crippen LogP contribution is 2.40. The molecule has 1 aromatic heterocycles. The van der Waals surface area contributed by atoms with Crippen molar-refractivity contribution in [2.45, 2.75) is 64.0 Å². The Labute approximate surface area is 194 Å². The molecule has 32 heavy (non-hydrogen) atoms. The summed E-state index contributed by atoms with van der Waals surface area (Å²) in [5, 5.41) is 4.41. The van der Waals surface area contributed by atoms with E-state index in [0.717, 1.165) is 46.0 Å². The van der Waals surface area contributed by atoms with E-state index in [1.165, 1.54) is 17.2 Å². The molecule has 0 bridgehead atoms. The number of alkyl halides is 2. The Morgan fingerprint density at radius 1 is 1.16 bits per heavy atom. The third kappa shape index (κ3) is 3.79. The lowest BCUT2D eigenvalue weighted by atomic mass is 9.97. The van der Waals surface area contributed by atoms with Crippen LogP contribution < -0.4 is 5.32 Å².